The van der Waals surface area contributed by atoms with E-state index >= 15 is 0 Å². The van der Waals surface area contributed by atoms with Crippen molar-refractivity contribution in [3.05, 3.63) is 41.5 Å². The van der Waals surface area contributed by atoms with Gasteiger partial charge in [0.2, 0.25) is 0 Å². The number of para-hydroxylation sites is 1. The molecule has 1 aliphatic rings. The smallest absolute Gasteiger partial charge is 0.0781 e. The standard InChI is InChI=1S/C14H19NO/c1-11-6-5-9-15(10-11)14-8-4-3-7-13(14)12(2)16/h3-4,6-8,12,16H,5,9-10H2,1-2H3/t12-/m1/s1. The maximum atomic E-state index is 9.76. The van der Waals surface area contributed by atoms with Gasteiger partial charge in [-0.15, -0.1) is 0 Å². The first kappa shape index (κ1) is 11.2. The highest BCUT2D eigenvalue weighted by molar-refractivity contribution is 5.56. The van der Waals surface area contributed by atoms with Gasteiger partial charge < -0.3 is 10.0 Å². The van der Waals surface area contributed by atoms with Gasteiger partial charge in [-0.1, -0.05) is 29.8 Å². The zero-order chi connectivity index (χ0) is 11.5. The minimum absolute atomic E-state index is 0.401. The Morgan fingerprint density at radius 3 is 2.75 bits per heavy atom. The van der Waals surface area contributed by atoms with Crippen LogP contribution >= 0.6 is 0 Å². The van der Waals surface area contributed by atoms with Crippen molar-refractivity contribution in [1.29, 1.82) is 0 Å². The van der Waals surface area contributed by atoms with Gasteiger partial charge >= 0.3 is 0 Å². The van der Waals surface area contributed by atoms with Crippen LogP contribution in [0, 0.1) is 0 Å². The van der Waals surface area contributed by atoms with Crippen LogP contribution in [-0.2, 0) is 0 Å². The topological polar surface area (TPSA) is 23.5 Å². The molecule has 1 atom stereocenters. The van der Waals surface area contributed by atoms with E-state index in [-0.39, 0.29) is 0 Å². The van der Waals surface area contributed by atoms with Gasteiger partial charge in [-0.3, -0.25) is 0 Å². The molecule has 16 heavy (non-hydrogen) atoms. The number of rotatable bonds is 2. The van der Waals surface area contributed by atoms with Crippen molar-refractivity contribution in [2.75, 3.05) is 18.0 Å². The monoisotopic (exact) mass is 217 g/mol. The number of nitrogens with zero attached hydrogens (tertiary/aromatic N) is 1. The summed E-state index contributed by atoms with van der Waals surface area (Å²) in [6, 6.07) is 8.13. The van der Waals surface area contributed by atoms with E-state index in [4.69, 9.17) is 0 Å². The second-order valence-corrected chi connectivity index (χ2v) is 4.50. The second-order valence-electron chi connectivity index (χ2n) is 4.50. The Bertz CT molecular complexity index is 395. The molecule has 0 fully saturated rings. The van der Waals surface area contributed by atoms with Crippen LogP contribution in [0.3, 0.4) is 0 Å². The highest BCUT2D eigenvalue weighted by Crippen LogP contribution is 2.28. The average molecular weight is 217 g/mol. The molecule has 2 nitrogen and oxygen atoms in total. The van der Waals surface area contributed by atoms with Gasteiger partial charge in [-0.2, -0.15) is 0 Å². The molecular weight excluding hydrogens is 198 g/mol. The third-order valence-electron chi connectivity index (χ3n) is 3.06. The minimum atomic E-state index is -0.401. The van der Waals surface area contributed by atoms with Crippen LogP contribution < -0.4 is 4.90 Å². The van der Waals surface area contributed by atoms with Crippen LogP contribution in [0.5, 0.6) is 0 Å². The summed E-state index contributed by atoms with van der Waals surface area (Å²) in [4.78, 5) is 2.34. The molecule has 1 heterocycles. The molecule has 0 saturated heterocycles. The number of anilines is 1. The molecule has 1 aliphatic heterocycles. The summed E-state index contributed by atoms with van der Waals surface area (Å²) in [5.41, 5.74) is 3.61. The van der Waals surface area contributed by atoms with E-state index in [1.54, 1.807) is 0 Å². The lowest BCUT2D eigenvalue weighted by atomic mass is 10.0. The van der Waals surface area contributed by atoms with E-state index in [2.05, 4.69) is 24.0 Å². The highest BCUT2D eigenvalue weighted by atomic mass is 16.3. The number of aliphatic hydroxyl groups is 1. The third-order valence-corrected chi connectivity index (χ3v) is 3.06. The number of hydrogen-bond donors (Lipinski definition) is 1. The summed E-state index contributed by atoms with van der Waals surface area (Å²) in [6.07, 6.45) is 2.99. The highest BCUT2D eigenvalue weighted by Gasteiger charge is 2.15. The second kappa shape index (κ2) is 4.71. The van der Waals surface area contributed by atoms with Gasteiger partial charge in [0.25, 0.3) is 0 Å². The molecule has 1 aromatic rings. The summed E-state index contributed by atoms with van der Waals surface area (Å²) in [5.74, 6) is 0. The van der Waals surface area contributed by atoms with Crippen LogP contribution in [-0.4, -0.2) is 18.2 Å². The Kier molecular flexibility index (Phi) is 3.30. The number of aliphatic hydroxyl groups excluding tert-OH is 1. The molecule has 1 N–H and O–H groups in total. The van der Waals surface area contributed by atoms with Crippen LogP contribution in [0.4, 0.5) is 5.69 Å². The van der Waals surface area contributed by atoms with Gasteiger partial charge in [0, 0.05) is 24.3 Å². The molecule has 0 unspecified atom stereocenters. The molecule has 0 spiro atoms. The lowest BCUT2D eigenvalue weighted by Crippen LogP contribution is -2.30. The van der Waals surface area contributed by atoms with E-state index in [9.17, 15) is 5.11 Å². The van der Waals surface area contributed by atoms with Gasteiger partial charge in [-0.05, 0) is 26.3 Å². The van der Waals surface area contributed by atoms with E-state index in [0.29, 0.717) is 0 Å². The Labute approximate surface area is 97.2 Å². The molecule has 0 amide bonds. The molecule has 2 rings (SSSR count). The molecule has 1 aromatic carbocycles. The minimum Gasteiger partial charge on any atom is -0.389 e. The quantitative estimate of drug-likeness (QED) is 0.770. The molecule has 0 aromatic heterocycles. The molecule has 86 valence electrons. The molecule has 0 aliphatic carbocycles. The summed E-state index contributed by atoms with van der Waals surface area (Å²) in [7, 11) is 0. The Hall–Kier alpha value is -1.28. The van der Waals surface area contributed by atoms with Crippen molar-refractivity contribution < 1.29 is 5.11 Å². The average Bonchev–Trinajstić information content (AvgIpc) is 2.29. The maximum Gasteiger partial charge on any atom is 0.0781 e. The Morgan fingerprint density at radius 2 is 2.06 bits per heavy atom. The van der Waals surface area contributed by atoms with Crippen LogP contribution in [0.25, 0.3) is 0 Å². The normalized spacial score (nSPS) is 18.2. The lowest BCUT2D eigenvalue weighted by Gasteiger charge is -2.30. The summed E-state index contributed by atoms with van der Waals surface area (Å²) >= 11 is 0. The fourth-order valence-electron chi connectivity index (χ4n) is 2.25. The Morgan fingerprint density at radius 1 is 1.31 bits per heavy atom. The summed E-state index contributed by atoms with van der Waals surface area (Å²) < 4.78 is 0. The fourth-order valence-corrected chi connectivity index (χ4v) is 2.25. The predicted molar refractivity (Wildman–Crippen MR) is 67.7 cm³/mol. The van der Waals surface area contributed by atoms with E-state index in [1.807, 2.05) is 25.1 Å². The SMILES string of the molecule is CC1=CCCN(c2ccccc2[C@@H](C)O)C1. The number of benzene rings is 1. The zero-order valence-electron chi connectivity index (χ0n) is 9.98. The number of hydrogen-bond acceptors (Lipinski definition) is 2. The first-order valence-corrected chi connectivity index (χ1v) is 5.86. The molecule has 0 radical (unpaired) electrons. The maximum absolute atomic E-state index is 9.76. The van der Waals surface area contributed by atoms with Crippen molar-refractivity contribution in [3.63, 3.8) is 0 Å². The predicted octanol–water partition coefficient (Wildman–Crippen LogP) is 2.90. The van der Waals surface area contributed by atoms with Crippen LogP contribution in [0.1, 0.15) is 31.9 Å². The van der Waals surface area contributed by atoms with E-state index < -0.39 is 6.10 Å². The molecule has 2 heteroatoms. The van der Waals surface area contributed by atoms with Gasteiger partial charge in [0.1, 0.15) is 0 Å². The van der Waals surface area contributed by atoms with Crippen molar-refractivity contribution in [2.24, 2.45) is 0 Å². The fraction of sp³-hybridized carbons (Fsp3) is 0.429. The van der Waals surface area contributed by atoms with Crippen LogP contribution in [0.15, 0.2) is 35.9 Å². The first-order chi connectivity index (χ1) is 7.68. The first-order valence-electron chi connectivity index (χ1n) is 5.86. The van der Waals surface area contributed by atoms with Crippen molar-refractivity contribution in [1.82, 2.24) is 0 Å². The molecule has 0 saturated carbocycles. The summed E-state index contributed by atoms with van der Waals surface area (Å²) in [5, 5.41) is 9.76. The van der Waals surface area contributed by atoms with Gasteiger partial charge in [-0.25, -0.2) is 0 Å². The van der Waals surface area contributed by atoms with Crippen molar-refractivity contribution >= 4 is 5.69 Å². The molecule has 0 bridgehead atoms. The van der Waals surface area contributed by atoms with Gasteiger partial charge in [0.15, 0.2) is 0 Å². The Balaban J connectivity index is 2.29. The van der Waals surface area contributed by atoms with E-state index in [1.165, 1.54) is 11.3 Å². The van der Waals surface area contributed by atoms with Gasteiger partial charge in [0.05, 0.1) is 6.10 Å². The van der Waals surface area contributed by atoms with Crippen molar-refractivity contribution in [3.8, 4) is 0 Å². The lowest BCUT2D eigenvalue weighted by molar-refractivity contribution is 0.199. The summed E-state index contributed by atoms with van der Waals surface area (Å²) in [6.45, 7) is 6.01. The van der Waals surface area contributed by atoms with Crippen molar-refractivity contribution in [2.45, 2.75) is 26.4 Å². The van der Waals surface area contributed by atoms with Crippen LogP contribution in [0.2, 0.25) is 0 Å². The van der Waals surface area contributed by atoms with E-state index in [0.717, 1.165) is 25.1 Å². The third kappa shape index (κ3) is 2.27. The molecular formula is C14H19NO. The largest absolute Gasteiger partial charge is 0.389 e. The zero-order valence-corrected chi connectivity index (χ0v) is 9.98.